The molecule has 2 amide bonds. The van der Waals surface area contributed by atoms with E-state index in [9.17, 15) is 9.59 Å². The number of amides is 2. The molecule has 4 N–H and O–H groups in total. The number of carbonyl (C=O) groups excluding carboxylic acids is 2. The van der Waals surface area contributed by atoms with Crippen molar-refractivity contribution in [3.63, 3.8) is 0 Å². The van der Waals surface area contributed by atoms with E-state index in [4.69, 9.17) is 11.5 Å². The summed E-state index contributed by atoms with van der Waals surface area (Å²) < 4.78 is 0. The van der Waals surface area contributed by atoms with Crippen LogP contribution in [-0.4, -0.2) is 36.3 Å². The SMILES string of the molecule is CC(C)CN(CC(N)=O)C(=O)CC1(CN)CCC1. The van der Waals surface area contributed by atoms with Crippen molar-refractivity contribution in [2.45, 2.75) is 39.5 Å². The van der Waals surface area contributed by atoms with Crippen LogP contribution in [0.1, 0.15) is 39.5 Å². The molecule has 5 nitrogen and oxygen atoms in total. The second-order valence-corrected chi connectivity index (χ2v) is 5.87. The van der Waals surface area contributed by atoms with Crippen LogP contribution in [0.2, 0.25) is 0 Å². The summed E-state index contributed by atoms with van der Waals surface area (Å²) >= 11 is 0. The second-order valence-electron chi connectivity index (χ2n) is 5.87. The molecule has 5 heteroatoms. The molecule has 0 aromatic carbocycles. The van der Waals surface area contributed by atoms with E-state index in [-0.39, 0.29) is 17.9 Å². The van der Waals surface area contributed by atoms with Gasteiger partial charge in [-0.2, -0.15) is 0 Å². The number of hydrogen-bond acceptors (Lipinski definition) is 3. The highest BCUT2D eigenvalue weighted by Gasteiger charge is 2.38. The lowest BCUT2D eigenvalue weighted by Gasteiger charge is -2.41. The van der Waals surface area contributed by atoms with E-state index in [0.29, 0.717) is 25.4 Å². The Bertz CT molecular complexity index is 306. The molecule has 0 unspecified atom stereocenters. The van der Waals surface area contributed by atoms with Gasteiger partial charge in [-0.25, -0.2) is 0 Å². The molecule has 0 heterocycles. The predicted molar refractivity (Wildman–Crippen MR) is 70.6 cm³/mol. The summed E-state index contributed by atoms with van der Waals surface area (Å²) in [5.74, 6) is -0.129. The fraction of sp³-hybridized carbons (Fsp3) is 0.846. The summed E-state index contributed by atoms with van der Waals surface area (Å²) in [5.41, 5.74) is 10.9. The zero-order chi connectivity index (χ0) is 13.8. The lowest BCUT2D eigenvalue weighted by Crippen LogP contribution is -2.46. The number of carbonyl (C=O) groups is 2. The monoisotopic (exact) mass is 255 g/mol. The van der Waals surface area contributed by atoms with Gasteiger partial charge in [0.2, 0.25) is 11.8 Å². The van der Waals surface area contributed by atoms with Crippen molar-refractivity contribution >= 4 is 11.8 Å². The van der Waals surface area contributed by atoms with Gasteiger partial charge < -0.3 is 16.4 Å². The molecule has 1 aliphatic rings. The molecule has 0 aromatic heterocycles. The second kappa shape index (κ2) is 6.18. The molecular formula is C13H25N3O2. The van der Waals surface area contributed by atoms with Gasteiger partial charge in [-0.05, 0) is 30.7 Å². The molecule has 0 atom stereocenters. The molecule has 0 aliphatic heterocycles. The number of rotatable bonds is 7. The normalized spacial score (nSPS) is 17.3. The molecule has 0 radical (unpaired) electrons. The minimum atomic E-state index is -0.459. The maximum atomic E-state index is 12.2. The van der Waals surface area contributed by atoms with E-state index in [2.05, 4.69) is 0 Å². The molecule has 18 heavy (non-hydrogen) atoms. The first-order valence-electron chi connectivity index (χ1n) is 6.65. The van der Waals surface area contributed by atoms with Crippen molar-refractivity contribution in [1.29, 1.82) is 0 Å². The van der Waals surface area contributed by atoms with E-state index in [1.807, 2.05) is 13.8 Å². The van der Waals surface area contributed by atoms with Crippen molar-refractivity contribution in [2.75, 3.05) is 19.6 Å². The molecular weight excluding hydrogens is 230 g/mol. The summed E-state index contributed by atoms with van der Waals surface area (Å²) in [6.45, 7) is 5.16. The van der Waals surface area contributed by atoms with E-state index >= 15 is 0 Å². The van der Waals surface area contributed by atoms with E-state index < -0.39 is 5.91 Å². The number of hydrogen-bond donors (Lipinski definition) is 2. The van der Waals surface area contributed by atoms with Crippen LogP contribution in [0.4, 0.5) is 0 Å². The molecule has 1 aliphatic carbocycles. The van der Waals surface area contributed by atoms with E-state index in [1.165, 1.54) is 0 Å². The summed E-state index contributed by atoms with van der Waals surface area (Å²) in [7, 11) is 0. The smallest absolute Gasteiger partial charge is 0.237 e. The van der Waals surface area contributed by atoms with E-state index in [1.54, 1.807) is 4.90 Å². The molecule has 104 valence electrons. The van der Waals surface area contributed by atoms with Gasteiger partial charge in [0.1, 0.15) is 0 Å². The average Bonchev–Trinajstić information content (AvgIpc) is 2.20. The van der Waals surface area contributed by atoms with Gasteiger partial charge >= 0.3 is 0 Å². The quantitative estimate of drug-likeness (QED) is 0.693. The highest BCUT2D eigenvalue weighted by atomic mass is 16.2. The van der Waals surface area contributed by atoms with Crippen LogP contribution in [0.15, 0.2) is 0 Å². The third-order valence-electron chi connectivity index (χ3n) is 3.66. The lowest BCUT2D eigenvalue weighted by atomic mass is 9.66. The fourth-order valence-electron chi connectivity index (χ4n) is 2.45. The molecule has 0 bridgehead atoms. The minimum absolute atomic E-state index is 0.00708. The first kappa shape index (κ1) is 15.0. The van der Waals surface area contributed by atoms with Crippen LogP contribution in [0.3, 0.4) is 0 Å². The molecule has 1 saturated carbocycles. The largest absolute Gasteiger partial charge is 0.368 e. The van der Waals surface area contributed by atoms with Gasteiger partial charge in [-0.15, -0.1) is 0 Å². The van der Waals surface area contributed by atoms with Gasteiger partial charge in [-0.3, -0.25) is 9.59 Å². The maximum absolute atomic E-state index is 12.2. The number of nitrogens with zero attached hydrogens (tertiary/aromatic N) is 1. The van der Waals surface area contributed by atoms with Crippen molar-refractivity contribution < 1.29 is 9.59 Å². The zero-order valence-electron chi connectivity index (χ0n) is 11.4. The van der Waals surface area contributed by atoms with Crippen LogP contribution >= 0.6 is 0 Å². The third kappa shape index (κ3) is 3.98. The summed E-state index contributed by atoms with van der Waals surface area (Å²) in [5, 5.41) is 0. The maximum Gasteiger partial charge on any atom is 0.237 e. The Morgan fingerprint density at radius 1 is 1.33 bits per heavy atom. The van der Waals surface area contributed by atoms with Gasteiger partial charge in [0.15, 0.2) is 0 Å². The standard InChI is InChI=1S/C13H25N3O2/c1-10(2)7-16(8-11(15)17)12(18)6-13(9-14)4-3-5-13/h10H,3-9,14H2,1-2H3,(H2,15,17). The van der Waals surface area contributed by atoms with Crippen LogP contribution in [0, 0.1) is 11.3 Å². The van der Waals surface area contributed by atoms with Crippen molar-refractivity contribution in [3.8, 4) is 0 Å². The highest BCUT2D eigenvalue weighted by Crippen LogP contribution is 2.43. The van der Waals surface area contributed by atoms with Crippen molar-refractivity contribution in [3.05, 3.63) is 0 Å². The first-order valence-corrected chi connectivity index (χ1v) is 6.65. The summed E-state index contributed by atoms with van der Waals surface area (Å²) in [6.07, 6.45) is 3.62. The lowest BCUT2D eigenvalue weighted by molar-refractivity contribution is -0.139. The third-order valence-corrected chi connectivity index (χ3v) is 3.66. The average molecular weight is 255 g/mol. The minimum Gasteiger partial charge on any atom is -0.368 e. The Kier molecular flexibility index (Phi) is 5.14. The Labute approximate surface area is 109 Å². The molecule has 0 aromatic rings. The fourth-order valence-corrected chi connectivity index (χ4v) is 2.45. The van der Waals surface area contributed by atoms with Gasteiger partial charge in [0.05, 0.1) is 6.54 Å². The summed E-state index contributed by atoms with van der Waals surface area (Å²) in [6, 6.07) is 0. The van der Waals surface area contributed by atoms with Crippen molar-refractivity contribution in [1.82, 2.24) is 4.90 Å². The van der Waals surface area contributed by atoms with Gasteiger partial charge in [0, 0.05) is 13.0 Å². The number of primary amides is 1. The molecule has 1 fully saturated rings. The Hall–Kier alpha value is -1.10. The van der Waals surface area contributed by atoms with Crippen LogP contribution in [0.25, 0.3) is 0 Å². The highest BCUT2D eigenvalue weighted by molar-refractivity contribution is 5.84. The molecule has 1 rings (SSSR count). The van der Waals surface area contributed by atoms with Gasteiger partial charge in [-0.1, -0.05) is 20.3 Å². The summed E-state index contributed by atoms with van der Waals surface area (Å²) in [4.78, 5) is 24.8. The molecule has 0 spiro atoms. The van der Waals surface area contributed by atoms with Crippen LogP contribution < -0.4 is 11.5 Å². The van der Waals surface area contributed by atoms with Crippen LogP contribution in [0.5, 0.6) is 0 Å². The number of nitrogens with two attached hydrogens (primary N) is 2. The Balaban J connectivity index is 2.60. The zero-order valence-corrected chi connectivity index (χ0v) is 11.4. The first-order chi connectivity index (χ1) is 8.38. The van der Waals surface area contributed by atoms with Crippen molar-refractivity contribution in [2.24, 2.45) is 22.8 Å². The predicted octanol–water partition coefficient (Wildman–Crippen LogP) is 0.475. The van der Waals surface area contributed by atoms with Crippen LogP contribution in [-0.2, 0) is 9.59 Å². The Morgan fingerprint density at radius 2 is 1.94 bits per heavy atom. The van der Waals surface area contributed by atoms with E-state index in [0.717, 1.165) is 19.3 Å². The Morgan fingerprint density at radius 3 is 2.28 bits per heavy atom. The van der Waals surface area contributed by atoms with Gasteiger partial charge in [0.25, 0.3) is 0 Å². The molecule has 0 saturated heterocycles. The topological polar surface area (TPSA) is 89.4 Å².